The van der Waals surface area contributed by atoms with Crippen LogP contribution in [0.2, 0.25) is 0 Å². The van der Waals surface area contributed by atoms with Crippen molar-refractivity contribution >= 4 is 23.2 Å². The summed E-state index contributed by atoms with van der Waals surface area (Å²) in [4.78, 5) is 20.0. The number of amides is 1. The lowest BCUT2D eigenvalue weighted by Gasteiger charge is -2.13. The number of hydrogen-bond acceptors (Lipinski definition) is 6. The van der Waals surface area contributed by atoms with E-state index in [1.165, 1.54) is 0 Å². The Kier molecular flexibility index (Phi) is 6.24. The highest BCUT2D eigenvalue weighted by Gasteiger charge is 2.16. The SMILES string of the molecule is Cc1cc(Nc2nc(NCCCCO)c(F)cc2C(N)=O)cnc1C. The number of halogens is 1. The zero-order chi connectivity index (χ0) is 18.4. The van der Waals surface area contributed by atoms with Gasteiger partial charge in [0.1, 0.15) is 5.82 Å². The van der Waals surface area contributed by atoms with Gasteiger partial charge in [-0.05, 0) is 44.4 Å². The molecular formula is C17H22FN5O2. The maximum Gasteiger partial charge on any atom is 0.252 e. The van der Waals surface area contributed by atoms with Gasteiger partial charge in [0.25, 0.3) is 5.91 Å². The molecule has 25 heavy (non-hydrogen) atoms. The molecule has 0 bridgehead atoms. The first-order chi connectivity index (χ1) is 11.9. The van der Waals surface area contributed by atoms with E-state index in [9.17, 15) is 9.18 Å². The number of primary amides is 1. The predicted molar refractivity (Wildman–Crippen MR) is 94.5 cm³/mol. The predicted octanol–water partition coefficient (Wildman–Crippen LogP) is 2.26. The van der Waals surface area contributed by atoms with Crippen LogP contribution >= 0.6 is 0 Å². The molecule has 0 saturated heterocycles. The fourth-order valence-corrected chi connectivity index (χ4v) is 2.19. The lowest BCUT2D eigenvalue weighted by Crippen LogP contribution is -2.17. The van der Waals surface area contributed by atoms with Gasteiger partial charge in [-0.15, -0.1) is 0 Å². The van der Waals surface area contributed by atoms with E-state index in [0.717, 1.165) is 17.3 Å². The number of aryl methyl sites for hydroxylation is 2. The van der Waals surface area contributed by atoms with Crippen LogP contribution < -0.4 is 16.4 Å². The van der Waals surface area contributed by atoms with Crippen molar-refractivity contribution in [2.75, 3.05) is 23.8 Å². The first-order valence-electron chi connectivity index (χ1n) is 7.97. The molecule has 0 aliphatic carbocycles. The van der Waals surface area contributed by atoms with Crippen molar-refractivity contribution in [1.29, 1.82) is 0 Å². The number of aliphatic hydroxyl groups is 1. The number of carbonyl (C=O) groups excluding carboxylic acids is 1. The minimum atomic E-state index is -0.780. The number of hydrogen-bond donors (Lipinski definition) is 4. The lowest BCUT2D eigenvalue weighted by atomic mass is 10.2. The summed E-state index contributed by atoms with van der Waals surface area (Å²) in [6, 6.07) is 2.91. The zero-order valence-electron chi connectivity index (χ0n) is 14.3. The number of aromatic nitrogens is 2. The van der Waals surface area contributed by atoms with Gasteiger partial charge in [0.15, 0.2) is 11.6 Å². The van der Waals surface area contributed by atoms with Gasteiger partial charge in [0, 0.05) is 18.8 Å². The average molecular weight is 347 g/mol. The Morgan fingerprint density at radius 2 is 2.04 bits per heavy atom. The Morgan fingerprint density at radius 3 is 2.68 bits per heavy atom. The third kappa shape index (κ3) is 4.87. The summed E-state index contributed by atoms with van der Waals surface area (Å²) in [6.07, 6.45) is 2.87. The van der Waals surface area contributed by atoms with Gasteiger partial charge in [-0.2, -0.15) is 0 Å². The quantitative estimate of drug-likeness (QED) is 0.545. The van der Waals surface area contributed by atoms with E-state index < -0.39 is 11.7 Å². The van der Waals surface area contributed by atoms with Gasteiger partial charge >= 0.3 is 0 Å². The maximum absolute atomic E-state index is 14.1. The van der Waals surface area contributed by atoms with E-state index in [4.69, 9.17) is 10.8 Å². The molecule has 0 aliphatic heterocycles. The third-order valence-corrected chi connectivity index (χ3v) is 3.72. The van der Waals surface area contributed by atoms with Crippen LogP contribution in [0.1, 0.15) is 34.5 Å². The molecule has 2 aromatic heterocycles. The second-order valence-electron chi connectivity index (χ2n) is 5.69. The number of anilines is 3. The largest absolute Gasteiger partial charge is 0.396 e. The molecule has 2 rings (SSSR count). The number of nitrogens with zero attached hydrogens (tertiary/aromatic N) is 2. The molecule has 0 saturated carbocycles. The van der Waals surface area contributed by atoms with Crippen molar-refractivity contribution in [3.8, 4) is 0 Å². The second kappa shape index (κ2) is 8.39. The van der Waals surface area contributed by atoms with Crippen LogP contribution in [-0.2, 0) is 0 Å². The topological polar surface area (TPSA) is 113 Å². The highest BCUT2D eigenvalue weighted by atomic mass is 19.1. The molecule has 0 atom stereocenters. The Balaban J connectivity index is 2.29. The van der Waals surface area contributed by atoms with Gasteiger partial charge in [-0.1, -0.05) is 0 Å². The van der Waals surface area contributed by atoms with E-state index in [2.05, 4.69) is 20.6 Å². The van der Waals surface area contributed by atoms with Crippen molar-refractivity contribution in [2.45, 2.75) is 26.7 Å². The molecule has 8 heteroatoms. The number of carbonyl (C=O) groups is 1. The molecule has 0 unspecified atom stereocenters. The molecule has 0 spiro atoms. The van der Waals surface area contributed by atoms with Crippen LogP contribution in [0.25, 0.3) is 0 Å². The fourth-order valence-electron chi connectivity index (χ4n) is 2.19. The maximum atomic E-state index is 14.1. The molecule has 0 radical (unpaired) electrons. The monoisotopic (exact) mass is 347 g/mol. The zero-order valence-corrected chi connectivity index (χ0v) is 14.3. The summed E-state index contributed by atoms with van der Waals surface area (Å²) in [5.74, 6) is -1.27. The van der Waals surface area contributed by atoms with Crippen LogP contribution in [0.4, 0.5) is 21.7 Å². The lowest BCUT2D eigenvalue weighted by molar-refractivity contribution is 0.100. The summed E-state index contributed by atoms with van der Waals surface area (Å²) in [6.45, 7) is 4.32. The summed E-state index contributed by atoms with van der Waals surface area (Å²) < 4.78 is 14.1. The molecule has 2 heterocycles. The number of nitrogens with two attached hydrogens (primary N) is 1. The fraction of sp³-hybridized carbons (Fsp3) is 0.353. The van der Waals surface area contributed by atoms with E-state index in [1.54, 1.807) is 6.20 Å². The highest BCUT2D eigenvalue weighted by molar-refractivity contribution is 5.98. The first-order valence-corrected chi connectivity index (χ1v) is 7.97. The standard InChI is InChI=1S/C17H22FN5O2/c1-10-7-12(9-21-11(10)2)22-16-13(15(19)25)8-14(18)17(23-16)20-5-3-4-6-24/h7-9,24H,3-6H2,1-2H3,(H2,19,25)(H2,20,22,23). The molecule has 7 nitrogen and oxygen atoms in total. The minimum absolute atomic E-state index is 0.0160. The van der Waals surface area contributed by atoms with Crippen molar-refractivity contribution in [3.63, 3.8) is 0 Å². The van der Waals surface area contributed by atoms with E-state index in [0.29, 0.717) is 25.1 Å². The molecule has 5 N–H and O–H groups in total. The third-order valence-electron chi connectivity index (χ3n) is 3.72. The van der Waals surface area contributed by atoms with Gasteiger partial charge in [-0.25, -0.2) is 9.37 Å². The number of unbranched alkanes of at least 4 members (excludes halogenated alkanes) is 1. The molecule has 0 fully saturated rings. The molecule has 134 valence electrons. The Bertz CT molecular complexity index is 767. The van der Waals surface area contributed by atoms with Crippen LogP contribution in [0.3, 0.4) is 0 Å². The smallest absolute Gasteiger partial charge is 0.252 e. The van der Waals surface area contributed by atoms with Gasteiger partial charge < -0.3 is 21.5 Å². The van der Waals surface area contributed by atoms with Crippen molar-refractivity contribution in [1.82, 2.24) is 9.97 Å². The molecule has 2 aromatic rings. The number of rotatable bonds is 8. The Hall–Kier alpha value is -2.74. The summed E-state index contributed by atoms with van der Waals surface area (Å²) >= 11 is 0. The first kappa shape index (κ1) is 18.6. The normalized spacial score (nSPS) is 10.6. The average Bonchev–Trinajstić information content (AvgIpc) is 2.57. The van der Waals surface area contributed by atoms with Crippen molar-refractivity contribution < 1.29 is 14.3 Å². The number of pyridine rings is 2. The molecule has 0 aromatic carbocycles. The number of aliphatic hydroxyl groups excluding tert-OH is 1. The van der Waals surface area contributed by atoms with Crippen LogP contribution in [0.5, 0.6) is 0 Å². The van der Waals surface area contributed by atoms with E-state index in [-0.39, 0.29) is 23.8 Å². The van der Waals surface area contributed by atoms with Crippen molar-refractivity contribution in [2.24, 2.45) is 5.73 Å². The highest BCUT2D eigenvalue weighted by Crippen LogP contribution is 2.24. The second-order valence-corrected chi connectivity index (χ2v) is 5.69. The number of nitrogens with one attached hydrogen (secondary N) is 2. The van der Waals surface area contributed by atoms with Crippen LogP contribution in [-0.4, -0.2) is 34.1 Å². The van der Waals surface area contributed by atoms with Crippen molar-refractivity contribution in [3.05, 3.63) is 41.0 Å². The van der Waals surface area contributed by atoms with Crippen LogP contribution in [0.15, 0.2) is 18.3 Å². The Labute approximate surface area is 145 Å². The minimum Gasteiger partial charge on any atom is -0.396 e. The van der Waals surface area contributed by atoms with E-state index in [1.807, 2.05) is 19.9 Å². The summed E-state index contributed by atoms with van der Waals surface area (Å²) in [7, 11) is 0. The molecule has 0 aliphatic rings. The summed E-state index contributed by atoms with van der Waals surface area (Å²) in [5, 5.41) is 14.6. The van der Waals surface area contributed by atoms with Gasteiger partial charge in [0.05, 0.1) is 17.4 Å². The Morgan fingerprint density at radius 1 is 1.28 bits per heavy atom. The van der Waals surface area contributed by atoms with Crippen LogP contribution in [0, 0.1) is 19.7 Å². The molecular weight excluding hydrogens is 325 g/mol. The summed E-state index contributed by atoms with van der Waals surface area (Å²) in [5.41, 5.74) is 7.76. The van der Waals surface area contributed by atoms with Gasteiger partial charge in [-0.3, -0.25) is 9.78 Å². The molecule has 1 amide bonds. The van der Waals surface area contributed by atoms with E-state index >= 15 is 0 Å². The van der Waals surface area contributed by atoms with Gasteiger partial charge in [0.2, 0.25) is 0 Å².